The van der Waals surface area contributed by atoms with E-state index in [1.807, 2.05) is 31.7 Å². The second kappa shape index (κ2) is 13.0. The molecular weight excluding hydrogens is 522 g/mol. The summed E-state index contributed by atoms with van der Waals surface area (Å²) in [6, 6.07) is 3.94. The van der Waals surface area contributed by atoms with Crippen LogP contribution in [0, 0.1) is 0 Å². The molecule has 1 saturated carbocycles. The number of nitrogens with two attached hydrogens (primary N) is 1. The van der Waals surface area contributed by atoms with Crippen molar-refractivity contribution in [1.29, 1.82) is 0 Å². The van der Waals surface area contributed by atoms with Gasteiger partial charge < -0.3 is 30.7 Å². The maximum Gasteiger partial charge on any atom is 0.407 e. The Balaban J connectivity index is 1.56. The molecule has 2 amide bonds. The van der Waals surface area contributed by atoms with E-state index in [9.17, 15) is 9.59 Å². The van der Waals surface area contributed by atoms with Crippen molar-refractivity contribution in [3.63, 3.8) is 0 Å². The largest absolute Gasteiger partial charge is 0.444 e. The molecule has 0 aromatic carbocycles. The SMILES string of the molecule is CO[C@H]1CC[C@@H](c2cc(Nc3nc(N4CCC[C@H](NC(=O)OC(C)(C)C)C4)ncc3C(N)=O)cc(C(C)C)n2)CC1. The van der Waals surface area contributed by atoms with E-state index in [2.05, 4.69) is 35.5 Å². The summed E-state index contributed by atoms with van der Waals surface area (Å²) in [6.45, 7) is 11.0. The molecule has 4 rings (SSSR count). The maximum absolute atomic E-state index is 12.3. The first-order chi connectivity index (χ1) is 19.4. The fourth-order valence-corrected chi connectivity index (χ4v) is 5.43. The first-order valence-electron chi connectivity index (χ1n) is 14.6. The number of alkyl carbamates (subject to hydrolysis) is 1. The number of hydrogen-bond acceptors (Lipinski definition) is 9. The molecule has 41 heavy (non-hydrogen) atoms. The number of aromatic nitrogens is 3. The highest BCUT2D eigenvalue weighted by atomic mass is 16.6. The molecule has 2 aromatic heterocycles. The third-order valence-corrected chi connectivity index (χ3v) is 7.61. The van der Waals surface area contributed by atoms with Crippen molar-refractivity contribution in [2.45, 2.75) is 103 Å². The van der Waals surface area contributed by atoms with Gasteiger partial charge in [-0.1, -0.05) is 13.8 Å². The normalized spacial score (nSPS) is 21.4. The second-order valence-electron chi connectivity index (χ2n) is 12.4. The van der Waals surface area contributed by atoms with E-state index in [0.717, 1.165) is 62.1 Å². The van der Waals surface area contributed by atoms with Crippen molar-refractivity contribution in [2.75, 3.05) is 30.4 Å². The van der Waals surface area contributed by atoms with E-state index in [-0.39, 0.29) is 17.5 Å². The molecule has 4 N–H and O–H groups in total. The van der Waals surface area contributed by atoms with Crippen LogP contribution in [0.15, 0.2) is 18.3 Å². The van der Waals surface area contributed by atoms with E-state index in [1.54, 1.807) is 7.11 Å². The molecule has 1 atom stereocenters. The third kappa shape index (κ3) is 8.28. The van der Waals surface area contributed by atoms with Gasteiger partial charge in [0.05, 0.1) is 6.10 Å². The van der Waals surface area contributed by atoms with Crippen LogP contribution in [0.3, 0.4) is 0 Å². The highest BCUT2D eigenvalue weighted by Crippen LogP contribution is 2.35. The summed E-state index contributed by atoms with van der Waals surface area (Å²) in [5, 5.41) is 6.32. The number of ether oxygens (including phenoxy) is 2. The number of pyridine rings is 1. The fraction of sp³-hybridized carbons (Fsp3) is 0.633. The van der Waals surface area contributed by atoms with Crippen LogP contribution < -0.4 is 21.3 Å². The minimum absolute atomic E-state index is 0.112. The number of nitrogens with zero attached hydrogens (tertiary/aromatic N) is 4. The highest BCUT2D eigenvalue weighted by Gasteiger charge is 2.27. The van der Waals surface area contributed by atoms with Crippen LogP contribution in [-0.2, 0) is 9.47 Å². The predicted octanol–water partition coefficient (Wildman–Crippen LogP) is 5.00. The predicted molar refractivity (Wildman–Crippen MR) is 159 cm³/mol. The van der Waals surface area contributed by atoms with Gasteiger partial charge in [0.1, 0.15) is 17.0 Å². The van der Waals surface area contributed by atoms with E-state index in [0.29, 0.717) is 30.3 Å². The second-order valence-corrected chi connectivity index (χ2v) is 12.4. The maximum atomic E-state index is 12.3. The van der Waals surface area contributed by atoms with Gasteiger partial charge in [-0.2, -0.15) is 4.98 Å². The first kappa shape index (κ1) is 30.5. The molecule has 0 spiro atoms. The zero-order chi connectivity index (χ0) is 29.7. The molecule has 0 bridgehead atoms. The zero-order valence-corrected chi connectivity index (χ0v) is 25.2. The minimum Gasteiger partial charge on any atom is -0.444 e. The molecular formula is C30H45N7O4. The van der Waals surface area contributed by atoms with E-state index < -0.39 is 17.6 Å². The van der Waals surface area contributed by atoms with Gasteiger partial charge in [0, 0.05) is 55.4 Å². The molecule has 1 saturated heterocycles. The van der Waals surface area contributed by atoms with E-state index >= 15 is 0 Å². The quantitative estimate of drug-likeness (QED) is 0.401. The molecule has 2 aromatic rings. The number of rotatable bonds is 8. The lowest BCUT2D eigenvalue weighted by Crippen LogP contribution is -2.49. The van der Waals surface area contributed by atoms with Crippen molar-refractivity contribution < 1.29 is 19.1 Å². The highest BCUT2D eigenvalue weighted by molar-refractivity contribution is 5.98. The van der Waals surface area contributed by atoms with Crippen molar-refractivity contribution in [3.8, 4) is 0 Å². The topological polar surface area (TPSA) is 145 Å². The molecule has 3 heterocycles. The van der Waals surface area contributed by atoms with Crippen molar-refractivity contribution in [2.24, 2.45) is 5.73 Å². The van der Waals surface area contributed by atoms with Gasteiger partial charge in [-0.15, -0.1) is 0 Å². The van der Waals surface area contributed by atoms with Crippen molar-refractivity contribution in [3.05, 3.63) is 35.3 Å². The Morgan fingerprint density at radius 2 is 1.83 bits per heavy atom. The standard InChI is InChI=1S/C30H45N7O4/c1-18(2)24-14-21(15-25(35-24)19-9-11-22(40-6)12-10-19)33-27-23(26(31)38)16-32-28(36-27)37-13-7-8-20(17-37)34-29(39)41-30(3,4)5/h14-16,18-20,22H,7-13,17H2,1-6H3,(H2,31,38)(H,34,39)(H,32,33,35,36)/t19-,20-,22+/m0/s1. The summed E-state index contributed by atoms with van der Waals surface area (Å²) in [5.74, 6) is 0.771. The Bertz CT molecular complexity index is 1220. The summed E-state index contributed by atoms with van der Waals surface area (Å²) in [4.78, 5) is 40.9. The van der Waals surface area contributed by atoms with Crippen LogP contribution in [0.5, 0.6) is 0 Å². The van der Waals surface area contributed by atoms with Gasteiger partial charge in [0.25, 0.3) is 5.91 Å². The Labute approximate surface area is 243 Å². The Hall–Kier alpha value is -3.47. The molecule has 0 radical (unpaired) electrons. The smallest absolute Gasteiger partial charge is 0.407 e. The van der Waals surface area contributed by atoms with Gasteiger partial charge in [-0.05, 0) is 77.3 Å². The monoisotopic (exact) mass is 567 g/mol. The molecule has 224 valence electrons. The third-order valence-electron chi connectivity index (χ3n) is 7.61. The van der Waals surface area contributed by atoms with Gasteiger partial charge in [-0.25, -0.2) is 9.78 Å². The van der Waals surface area contributed by atoms with Crippen LogP contribution in [0.4, 0.5) is 22.2 Å². The van der Waals surface area contributed by atoms with Gasteiger partial charge in [-0.3, -0.25) is 9.78 Å². The molecule has 11 nitrogen and oxygen atoms in total. The molecule has 1 aliphatic carbocycles. The average Bonchev–Trinajstić information content (AvgIpc) is 2.91. The number of anilines is 3. The Morgan fingerprint density at radius 3 is 2.46 bits per heavy atom. The lowest BCUT2D eigenvalue weighted by Gasteiger charge is -2.33. The zero-order valence-electron chi connectivity index (χ0n) is 25.2. The number of carbonyl (C=O) groups is 2. The number of nitrogens with one attached hydrogen (secondary N) is 2. The molecule has 0 unspecified atom stereocenters. The first-order valence-corrected chi connectivity index (χ1v) is 14.6. The van der Waals surface area contributed by atoms with Gasteiger partial charge >= 0.3 is 6.09 Å². The number of amides is 2. The number of hydrogen-bond donors (Lipinski definition) is 3. The summed E-state index contributed by atoms with van der Waals surface area (Å²) >= 11 is 0. The lowest BCUT2D eigenvalue weighted by molar-refractivity contribution is 0.0499. The van der Waals surface area contributed by atoms with E-state index in [4.69, 9.17) is 25.2 Å². The van der Waals surface area contributed by atoms with E-state index in [1.165, 1.54) is 6.20 Å². The minimum atomic E-state index is -0.613. The van der Waals surface area contributed by atoms with Crippen LogP contribution in [-0.4, -0.2) is 64.9 Å². The van der Waals surface area contributed by atoms with Crippen LogP contribution in [0.1, 0.15) is 107 Å². The van der Waals surface area contributed by atoms with Crippen LogP contribution in [0.25, 0.3) is 0 Å². The van der Waals surface area contributed by atoms with Crippen molar-refractivity contribution >= 4 is 29.5 Å². The number of primary amides is 1. The number of carbonyl (C=O) groups excluding carboxylic acids is 2. The molecule has 11 heteroatoms. The number of methoxy groups -OCH3 is 1. The number of piperidine rings is 1. The molecule has 1 aliphatic heterocycles. The molecule has 2 aliphatic rings. The summed E-state index contributed by atoms with van der Waals surface area (Å²) in [5.41, 5.74) is 8.17. The lowest BCUT2D eigenvalue weighted by atomic mass is 9.84. The Morgan fingerprint density at radius 1 is 1.10 bits per heavy atom. The fourth-order valence-electron chi connectivity index (χ4n) is 5.43. The molecule has 2 fully saturated rings. The van der Waals surface area contributed by atoms with Gasteiger partial charge in [0.2, 0.25) is 5.95 Å². The summed E-state index contributed by atoms with van der Waals surface area (Å²) < 4.78 is 11.0. The van der Waals surface area contributed by atoms with Crippen LogP contribution in [0.2, 0.25) is 0 Å². The Kier molecular flexibility index (Phi) is 9.68. The van der Waals surface area contributed by atoms with Crippen molar-refractivity contribution in [1.82, 2.24) is 20.3 Å². The summed E-state index contributed by atoms with van der Waals surface area (Å²) in [7, 11) is 1.78. The van der Waals surface area contributed by atoms with Gasteiger partial charge in [0.15, 0.2) is 0 Å². The van der Waals surface area contributed by atoms with Crippen LogP contribution >= 0.6 is 0 Å². The average molecular weight is 568 g/mol. The summed E-state index contributed by atoms with van der Waals surface area (Å²) in [6.07, 6.45) is 7.07.